The summed E-state index contributed by atoms with van der Waals surface area (Å²) in [4.78, 5) is 20.4. The number of halogens is 1. The summed E-state index contributed by atoms with van der Waals surface area (Å²) in [5.74, 6) is 0.186. The minimum absolute atomic E-state index is 0.291. The smallest absolute Gasteiger partial charge is 0.277 e. The summed E-state index contributed by atoms with van der Waals surface area (Å²) in [7, 11) is 0. The normalized spacial score (nSPS) is 10.7. The second kappa shape index (κ2) is 5.01. The van der Waals surface area contributed by atoms with Gasteiger partial charge in [0, 0.05) is 24.7 Å². The zero-order valence-corrected chi connectivity index (χ0v) is 12.1. The fraction of sp³-hybridized carbons (Fsp3) is 0.0769. The van der Waals surface area contributed by atoms with Crippen LogP contribution >= 0.6 is 15.9 Å². The molecule has 3 aromatic heterocycles. The van der Waals surface area contributed by atoms with Crippen LogP contribution in [0.4, 0.5) is 5.82 Å². The van der Waals surface area contributed by atoms with Crippen LogP contribution in [0.1, 0.15) is 16.1 Å². The number of carbonyl (C=O) groups excluding carboxylic acids is 1. The highest BCUT2D eigenvalue weighted by molar-refractivity contribution is 9.10. The average Bonchev–Trinajstić information content (AvgIpc) is 2.81. The summed E-state index contributed by atoms with van der Waals surface area (Å²) in [6.45, 7) is 1.93. The first-order valence-corrected chi connectivity index (χ1v) is 6.66. The first-order valence-electron chi connectivity index (χ1n) is 5.87. The van der Waals surface area contributed by atoms with E-state index in [1.165, 1.54) is 0 Å². The standard InChI is InChI=1S/C13H10BrN5O/c1-8-2-3-15-11(4-8)17-13(20)10-5-12-16-6-9(14)7-19(12)18-10/h2-7H,1H3,(H,15,17,20). The van der Waals surface area contributed by atoms with Gasteiger partial charge in [-0.3, -0.25) is 4.79 Å². The number of hydrogen-bond acceptors (Lipinski definition) is 4. The number of rotatable bonds is 2. The van der Waals surface area contributed by atoms with E-state index in [4.69, 9.17) is 0 Å². The molecule has 0 bridgehead atoms. The lowest BCUT2D eigenvalue weighted by Crippen LogP contribution is -2.13. The lowest BCUT2D eigenvalue weighted by Gasteiger charge is -2.02. The highest BCUT2D eigenvalue weighted by atomic mass is 79.9. The molecule has 20 heavy (non-hydrogen) atoms. The molecule has 0 aliphatic carbocycles. The van der Waals surface area contributed by atoms with Crippen LogP contribution in [0, 0.1) is 6.92 Å². The minimum atomic E-state index is -0.315. The van der Waals surface area contributed by atoms with E-state index in [0.717, 1.165) is 10.0 Å². The number of hydrogen-bond donors (Lipinski definition) is 1. The zero-order valence-electron chi connectivity index (χ0n) is 10.5. The molecule has 0 fully saturated rings. The summed E-state index contributed by atoms with van der Waals surface area (Å²) >= 11 is 3.31. The summed E-state index contributed by atoms with van der Waals surface area (Å²) in [6.07, 6.45) is 5.04. The van der Waals surface area contributed by atoms with Crippen molar-refractivity contribution < 1.29 is 4.79 Å². The first kappa shape index (κ1) is 12.7. The Balaban J connectivity index is 1.88. The van der Waals surface area contributed by atoms with E-state index in [9.17, 15) is 4.79 Å². The molecule has 0 radical (unpaired) electrons. The number of amides is 1. The van der Waals surface area contributed by atoms with Gasteiger partial charge in [0.05, 0.1) is 4.47 Å². The predicted octanol–water partition coefficient (Wildman–Crippen LogP) is 2.45. The molecule has 0 saturated heterocycles. The second-order valence-electron chi connectivity index (χ2n) is 4.28. The summed E-state index contributed by atoms with van der Waals surface area (Å²) in [6, 6.07) is 5.28. The lowest BCUT2D eigenvalue weighted by atomic mass is 10.3. The monoisotopic (exact) mass is 331 g/mol. The highest BCUT2D eigenvalue weighted by Gasteiger charge is 2.12. The molecule has 0 aliphatic heterocycles. The van der Waals surface area contributed by atoms with Gasteiger partial charge in [-0.25, -0.2) is 14.5 Å². The molecule has 3 heterocycles. The number of nitrogens with one attached hydrogen (secondary N) is 1. The van der Waals surface area contributed by atoms with Crippen molar-refractivity contribution in [2.45, 2.75) is 6.92 Å². The number of pyridine rings is 1. The third-order valence-electron chi connectivity index (χ3n) is 2.67. The number of carbonyl (C=O) groups is 1. The van der Waals surface area contributed by atoms with Gasteiger partial charge in [-0.2, -0.15) is 5.10 Å². The third kappa shape index (κ3) is 2.53. The average molecular weight is 332 g/mol. The maximum Gasteiger partial charge on any atom is 0.277 e. The summed E-state index contributed by atoms with van der Waals surface area (Å²) in [5, 5.41) is 6.89. The molecular formula is C13H10BrN5O. The minimum Gasteiger partial charge on any atom is -0.305 e. The number of aromatic nitrogens is 4. The van der Waals surface area contributed by atoms with E-state index in [0.29, 0.717) is 17.2 Å². The van der Waals surface area contributed by atoms with Gasteiger partial charge < -0.3 is 5.32 Å². The van der Waals surface area contributed by atoms with Crippen LogP contribution in [0.25, 0.3) is 5.65 Å². The Morgan fingerprint density at radius 1 is 1.35 bits per heavy atom. The van der Waals surface area contributed by atoms with Gasteiger partial charge in [0.25, 0.3) is 5.91 Å². The number of aryl methyl sites for hydroxylation is 1. The topological polar surface area (TPSA) is 72.2 Å². The molecule has 0 unspecified atom stereocenters. The first-order chi connectivity index (χ1) is 9.61. The molecule has 0 aromatic carbocycles. The van der Waals surface area contributed by atoms with Gasteiger partial charge in [0.2, 0.25) is 0 Å². The van der Waals surface area contributed by atoms with E-state index in [2.05, 4.69) is 36.3 Å². The van der Waals surface area contributed by atoms with Crippen molar-refractivity contribution in [1.29, 1.82) is 0 Å². The third-order valence-corrected chi connectivity index (χ3v) is 3.08. The van der Waals surface area contributed by atoms with Crippen LogP contribution in [-0.2, 0) is 0 Å². The van der Waals surface area contributed by atoms with Gasteiger partial charge in [-0.05, 0) is 40.5 Å². The van der Waals surface area contributed by atoms with E-state index in [-0.39, 0.29) is 5.91 Å². The Labute approximate surface area is 123 Å². The van der Waals surface area contributed by atoms with Crippen molar-refractivity contribution in [2.75, 3.05) is 5.32 Å². The molecule has 0 aliphatic rings. The Morgan fingerprint density at radius 3 is 3.00 bits per heavy atom. The SMILES string of the molecule is Cc1ccnc(NC(=O)c2cc3ncc(Br)cn3n2)c1. The van der Waals surface area contributed by atoms with Crippen molar-refractivity contribution >= 4 is 33.3 Å². The van der Waals surface area contributed by atoms with E-state index in [1.807, 2.05) is 13.0 Å². The lowest BCUT2D eigenvalue weighted by molar-refractivity contribution is 0.102. The van der Waals surface area contributed by atoms with Crippen LogP contribution in [-0.4, -0.2) is 25.5 Å². The molecule has 1 amide bonds. The van der Waals surface area contributed by atoms with Crippen LogP contribution in [0.5, 0.6) is 0 Å². The predicted molar refractivity (Wildman–Crippen MR) is 77.6 cm³/mol. The second-order valence-corrected chi connectivity index (χ2v) is 5.19. The Bertz CT molecular complexity index is 798. The zero-order chi connectivity index (χ0) is 14.1. The van der Waals surface area contributed by atoms with Gasteiger partial charge in [-0.15, -0.1) is 0 Å². The van der Waals surface area contributed by atoms with Gasteiger partial charge >= 0.3 is 0 Å². The van der Waals surface area contributed by atoms with E-state index < -0.39 is 0 Å². The Hall–Kier alpha value is -2.28. The number of fused-ring (bicyclic) bond motifs is 1. The fourth-order valence-electron chi connectivity index (χ4n) is 1.75. The molecule has 3 rings (SSSR count). The maximum atomic E-state index is 12.1. The number of anilines is 1. The van der Waals surface area contributed by atoms with E-state index >= 15 is 0 Å². The van der Waals surface area contributed by atoms with Gasteiger partial charge in [0.1, 0.15) is 5.82 Å². The number of nitrogens with zero attached hydrogens (tertiary/aromatic N) is 4. The Morgan fingerprint density at radius 2 is 2.20 bits per heavy atom. The molecular weight excluding hydrogens is 322 g/mol. The van der Waals surface area contributed by atoms with Gasteiger partial charge in [-0.1, -0.05) is 0 Å². The van der Waals surface area contributed by atoms with Crippen molar-refractivity contribution in [3.05, 3.63) is 52.5 Å². The van der Waals surface area contributed by atoms with Crippen LogP contribution in [0.2, 0.25) is 0 Å². The fourth-order valence-corrected chi connectivity index (χ4v) is 2.05. The molecule has 7 heteroatoms. The summed E-state index contributed by atoms with van der Waals surface area (Å²) in [5.41, 5.74) is 1.92. The largest absolute Gasteiger partial charge is 0.305 e. The molecule has 3 aromatic rings. The quantitative estimate of drug-likeness (QED) is 0.782. The van der Waals surface area contributed by atoms with Crippen molar-refractivity contribution in [3.8, 4) is 0 Å². The highest BCUT2D eigenvalue weighted by Crippen LogP contribution is 2.12. The van der Waals surface area contributed by atoms with Gasteiger partial charge in [0.15, 0.2) is 11.3 Å². The van der Waals surface area contributed by atoms with Crippen LogP contribution in [0.3, 0.4) is 0 Å². The maximum absolute atomic E-state index is 12.1. The molecule has 100 valence electrons. The van der Waals surface area contributed by atoms with Crippen molar-refractivity contribution in [1.82, 2.24) is 19.6 Å². The molecule has 1 N–H and O–H groups in total. The molecule has 0 atom stereocenters. The van der Waals surface area contributed by atoms with Crippen molar-refractivity contribution in [3.63, 3.8) is 0 Å². The Kier molecular flexibility index (Phi) is 3.19. The van der Waals surface area contributed by atoms with Crippen LogP contribution in [0.15, 0.2) is 41.3 Å². The molecule has 0 saturated carbocycles. The summed E-state index contributed by atoms with van der Waals surface area (Å²) < 4.78 is 2.34. The molecule has 6 nitrogen and oxygen atoms in total. The van der Waals surface area contributed by atoms with Crippen molar-refractivity contribution in [2.24, 2.45) is 0 Å². The van der Waals surface area contributed by atoms with Crippen LogP contribution < -0.4 is 5.32 Å². The van der Waals surface area contributed by atoms with E-state index in [1.54, 1.807) is 35.2 Å². The molecule has 0 spiro atoms.